The fourth-order valence-electron chi connectivity index (χ4n) is 2.82. The van der Waals surface area contributed by atoms with Crippen molar-refractivity contribution < 1.29 is 13.2 Å². The van der Waals surface area contributed by atoms with E-state index in [0.29, 0.717) is 13.1 Å². The third-order valence-electron chi connectivity index (χ3n) is 4.02. The van der Waals surface area contributed by atoms with Crippen LogP contribution < -0.4 is 10.6 Å². The molecule has 1 aliphatic heterocycles. The molecule has 0 aromatic heterocycles. The van der Waals surface area contributed by atoms with Crippen LogP contribution in [0, 0.1) is 0 Å². The predicted molar refractivity (Wildman–Crippen MR) is 110 cm³/mol. The summed E-state index contributed by atoms with van der Waals surface area (Å²) in [4.78, 5) is 6.62. The van der Waals surface area contributed by atoms with E-state index < -0.39 is 11.7 Å². The van der Waals surface area contributed by atoms with Crippen LogP contribution in [-0.4, -0.2) is 43.1 Å². The molecular weight excluding hydrogens is 456 g/mol. The maximum absolute atomic E-state index is 12.6. The van der Waals surface area contributed by atoms with Crippen LogP contribution >= 0.6 is 24.0 Å². The van der Waals surface area contributed by atoms with Crippen molar-refractivity contribution in [2.24, 2.45) is 4.99 Å². The zero-order valence-corrected chi connectivity index (χ0v) is 17.2. The first-order valence-corrected chi connectivity index (χ1v) is 8.46. The highest BCUT2D eigenvalue weighted by Gasteiger charge is 2.30. The van der Waals surface area contributed by atoms with Crippen LogP contribution in [0.2, 0.25) is 0 Å². The molecule has 26 heavy (non-hydrogen) atoms. The SMILES string of the molecule is C=CCN=C(NCC)NC1CCN(Cc2ccc(C(F)(F)F)cc2)C1.I. The van der Waals surface area contributed by atoms with Crippen molar-refractivity contribution in [2.45, 2.75) is 32.1 Å². The molecule has 1 heterocycles. The number of hydrogen-bond donors (Lipinski definition) is 2. The quantitative estimate of drug-likeness (QED) is 0.282. The summed E-state index contributed by atoms with van der Waals surface area (Å²) in [7, 11) is 0. The van der Waals surface area contributed by atoms with Gasteiger partial charge in [0.15, 0.2) is 5.96 Å². The van der Waals surface area contributed by atoms with Gasteiger partial charge in [0.2, 0.25) is 0 Å². The molecule has 2 N–H and O–H groups in total. The standard InChI is InChI=1S/C18H25F3N4.HI/c1-3-10-23-17(22-4-2)24-16-9-11-25(13-16)12-14-5-7-15(8-6-14)18(19,20)21;/h3,5-8,16H,1,4,9-13H2,2H3,(H2,22,23,24);1H. The van der Waals surface area contributed by atoms with Crippen LogP contribution in [0.4, 0.5) is 13.2 Å². The molecule has 0 amide bonds. The highest BCUT2D eigenvalue weighted by atomic mass is 127. The lowest BCUT2D eigenvalue weighted by molar-refractivity contribution is -0.137. The minimum absolute atomic E-state index is 0. The summed E-state index contributed by atoms with van der Waals surface area (Å²) in [5, 5.41) is 6.59. The minimum atomic E-state index is -4.28. The van der Waals surface area contributed by atoms with Gasteiger partial charge < -0.3 is 10.6 Å². The second-order valence-electron chi connectivity index (χ2n) is 6.07. The molecule has 0 radical (unpaired) electrons. The Morgan fingerprint density at radius 3 is 2.62 bits per heavy atom. The number of benzene rings is 1. The lowest BCUT2D eigenvalue weighted by atomic mass is 10.1. The number of rotatable bonds is 6. The van der Waals surface area contributed by atoms with Crippen LogP contribution in [0.1, 0.15) is 24.5 Å². The Kier molecular flexibility index (Phi) is 9.42. The number of nitrogens with one attached hydrogen (secondary N) is 2. The van der Waals surface area contributed by atoms with Crippen molar-refractivity contribution >= 4 is 29.9 Å². The second kappa shape index (κ2) is 10.8. The molecule has 1 unspecified atom stereocenters. The minimum Gasteiger partial charge on any atom is -0.357 e. The third kappa shape index (κ3) is 7.14. The Morgan fingerprint density at radius 2 is 2.04 bits per heavy atom. The lowest BCUT2D eigenvalue weighted by Crippen LogP contribution is -2.44. The average molecular weight is 482 g/mol. The fraction of sp³-hybridized carbons (Fsp3) is 0.500. The number of halogens is 4. The summed E-state index contributed by atoms with van der Waals surface area (Å²) in [5.74, 6) is 0.767. The van der Waals surface area contributed by atoms with Gasteiger partial charge in [-0.05, 0) is 31.0 Å². The maximum atomic E-state index is 12.6. The molecule has 1 aromatic rings. The molecular formula is C18H26F3IN4. The highest BCUT2D eigenvalue weighted by molar-refractivity contribution is 14.0. The van der Waals surface area contributed by atoms with Gasteiger partial charge in [-0.25, -0.2) is 4.99 Å². The first-order valence-electron chi connectivity index (χ1n) is 8.46. The second-order valence-corrected chi connectivity index (χ2v) is 6.07. The first-order chi connectivity index (χ1) is 11.9. The Hall–Kier alpha value is -1.29. The van der Waals surface area contributed by atoms with Gasteiger partial charge in [-0.2, -0.15) is 13.2 Å². The summed E-state index contributed by atoms with van der Waals surface area (Å²) in [6.07, 6.45) is -1.57. The molecule has 1 fully saturated rings. The molecule has 0 aliphatic carbocycles. The van der Waals surface area contributed by atoms with E-state index in [1.54, 1.807) is 18.2 Å². The van der Waals surface area contributed by atoms with E-state index in [-0.39, 0.29) is 30.0 Å². The Bertz CT molecular complexity index is 587. The van der Waals surface area contributed by atoms with Gasteiger partial charge in [-0.3, -0.25) is 4.90 Å². The van der Waals surface area contributed by atoms with Gasteiger partial charge in [0, 0.05) is 32.2 Å². The molecule has 146 valence electrons. The van der Waals surface area contributed by atoms with Crippen molar-refractivity contribution in [1.82, 2.24) is 15.5 Å². The van der Waals surface area contributed by atoms with E-state index in [1.807, 2.05) is 6.92 Å². The zero-order valence-electron chi connectivity index (χ0n) is 14.9. The van der Waals surface area contributed by atoms with Crippen molar-refractivity contribution in [1.29, 1.82) is 0 Å². The number of hydrogen-bond acceptors (Lipinski definition) is 2. The van der Waals surface area contributed by atoms with Gasteiger partial charge in [-0.1, -0.05) is 18.2 Å². The van der Waals surface area contributed by atoms with E-state index in [2.05, 4.69) is 27.1 Å². The third-order valence-corrected chi connectivity index (χ3v) is 4.02. The van der Waals surface area contributed by atoms with Crippen molar-refractivity contribution in [3.05, 3.63) is 48.0 Å². The topological polar surface area (TPSA) is 39.7 Å². The predicted octanol–water partition coefficient (Wildman–Crippen LogP) is 3.64. The van der Waals surface area contributed by atoms with Crippen molar-refractivity contribution in [3.63, 3.8) is 0 Å². The average Bonchev–Trinajstić information content (AvgIpc) is 2.99. The Balaban J connectivity index is 0.00000338. The molecule has 8 heteroatoms. The van der Waals surface area contributed by atoms with Crippen LogP contribution in [-0.2, 0) is 12.7 Å². The number of nitrogens with zero attached hydrogens (tertiary/aromatic N) is 2. The molecule has 0 bridgehead atoms. The molecule has 1 aromatic carbocycles. The van der Waals surface area contributed by atoms with Crippen molar-refractivity contribution in [3.8, 4) is 0 Å². The summed E-state index contributed by atoms with van der Waals surface area (Å²) < 4.78 is 37.8. The van der Waals surface area contributed by atoms with E-state index in [1.165, 1.54) is 0 Å². The van der Waals surface area contributed by atoms with Crippen molar-refractivity contribution in [2.75, 3.05) is 26.2 Å². The normalized spacial score (nSPS) is 18.3. The molecule has 1 saturated heterocycles. The van der Waals surface area contributed by atoms with Crippen LogP contribution in [0.25, 0.3) is 0 Å². The smallest absolute Gasteiger partial charge is 0.357 e. The van der Waals surface area contributed by atoms with E-state index in [4.69, 9.17) is 0 Å². The summed E-state index contributed by atoms with van der Waals surface area (Å²) in [6, 6.07) is 5.67. The molecule has 0 saturated carbocycles. The van der Waals surface area contributed by atoms with Crippen LogP contribution in [0.5, 0.6) is 0 Å². The molecule has 1 aliphatic rings. The summed E-state index contributed by atoms with van der Waals surface area (Å²) in [6.45, 7) is 9.39. The number of alkyl halides is 3. The van der Waals surface area contributed by atoms with Gasteiger partial charge in [0.25, 0.3) is 0 Å². The van der Waals surface area contributed by atoms with Gasteiger partial charge in [-0.15, -0.1) is 30.6 Å². The maximum Gasteiger partial charge on any atom is 0.416 e. The highest BCUT2D eigenvalue weighted by Crippen LogP contribution is 2.29. The van der Waals surface area contributed by atoms with Crippen LogP contribution in [0.3, 0.4) is 0 Å². The summed E-state index contributed by atoms with van der Waals surface area (Å²) >= 11 is 0. The first kappa shape index (κ1) is 22.8. The summed E-state index contributed by atoms with van der Waals surface area (Å²) in [5.41, 5.74) is 0.284. The molecule has 2 rings (SSSR count). The van der Waals surface area contributed by atoms with Gasteiger partial charge in [0.05, 0.1) is 12.1 Å². The zero-order chi connectivity index (χ0) is 18.3. The number of guanidine groups is 1. The van der Waals surface area contributed by atoms with Crippen LogP contribution in [0.15, 0.2) is 41.9 Å². The van der Waals surface area contributed by atoms with E-state index in [9.17, 15) is 13.2 Å². The Labute approximate surface area is 170 Å². The van der Waals surface area contributed by atoms with Gasteiger partial charge in [0.1, 0.15) is 0 Å². The fourth-order valence-corrected chi connectivity index (χ4v) is 2.82. The Morgan fingerprint density at radius 1 is 1.35 bits per heavy atom. The molecule has 4 nitrogen and oxygen atoms in total. The largest absolute Gasteiger partial charge is 0.416 e. The number of aliphatic imine (C=N–C) groups is 1. The van der Waals surface area contributed by atoms with Gasteiger partial charge >= 0.3 is 6.18 Å². The lowest BCUT2D eigenvalue weighted by Gasteiger charge is -2.19. The van der Waals surface area contributed by atoms with E-state index >= 15 is 0 Å². The monoisotopic (exact) mass is 482 g/mol. The van der Waals surface area contributed by atoms with E-state index in [0.717, 1.165) is 49.7 Å². The molecule has 0 spiro atoms. The molecule has 1 atom stereocenters. The number of likely N-dealkylation sites (tertiary alicyclic amines) is 1.